The minimum absolute atomic E-state index is 0.0697. The number of carbonyl (C=O) groups excluding carboxylic acids is 1. The zero-order valence-electron chi connectivity index (χ0n) is 18.9. The fraction of sp³-hybridized carbons (Fsp3) is 0.179. The normalized spacial score (nSPS) is 15.6. The molecule has 1 aromatic heterocycles. The van der Waals surface area contributed by atoms with Crippen LogP contribution in [0.2, 0.25) is 0 Å². The number of aromatic nitrogens is 1. The summed E-state index contributed by atoms with van der Waals surface area (Å²) in [7, 11) is 0. The monoisotopic (exact) mass is 515 g/mol. The summed E-state index contributed by atoms with van der Waals surface area (Å²) in [6.07, 6.45) is 0.862. The zero-order chi connectivity index (χ0) is 23.8. The summed E-state index contributed by atoms with van der Waals surface area (Å²) in [5, 5.41) is 7.41. The number of hydrazone groups is 1. The quantitative estimate of drug-likeness (QED) is 0.288. The van der Waals surface area contributed by atoms with E-state index in [9.17, 15) is 9.18 Å². The van der Waals surface area contributed by atoms with Crippen molar-refractivity contribution in [3.8, 4) is 11.1 Å². The van der Waals surface area contributed by atoms with Crippen molar-refractivity contribution in [2.75, 3.05) is 0 Å². The second kappa shape index (κ2) is 9.11. The van der Waals surface area contributed by atoms with Gasteiger partial charge in [-0.2, -0.15) is 5.10 Å². The summed E-state index contributed by atoms with van der Waals surface area (Å²) in [6.45, 7) is 3.82. The Labute approximate surface area is 206 Å². The minimum Gasteiger partial charge on any atom is -0.273 e. The lowest BCUT2D eigenvalue weighted by Gasteiger charge is -2.21. The molecule has 34 heavy (non-hydrogen) atoms. The van der Waals surface area contributed by atoms with Gasteiger partial charge < -0.3 is 0 Å². The number of pyridine rings is 1. The minimum atomic E-state index is -0.303. The van der Waals surface area contributed by atoms with Crippen LogP contribution in [0.4, 0.5) is 4.39 Å². The predicted octanol–water partition coefficient (Wildman–Crippen LogP) is 7.20. The molecule has 6 heteroatoms. The summed E-state index contributed by atoms with van der Waals surface area (Å²) in [5.74, 6) is -0.373. The van der Waals surface area contributed by atoms with E-state index >= 15 is 0 Å². The van der Waals surface area contributed by atoms with E-state index in [2.05, 4.69) is 34.1 Å². The average Bonchev–Trinajstić information content (AvgIpc) is 3.29. The molecular formula is C28H23BrFN3O. The van der Waals surface area contributed by atoms with Gasteiger partial charge in [-0.1, -0.05) is 65.3 Å². The Morgan fingerprint density at radius 3 is 2.50 bits per heavy atom. The smallest absolute Gasteiger partial charge is 0.242 e. The highest BCUT2D eigenvalue weighted by atomic mass is 79.9. The SMILES string of the molecule is CCC(=O)N1N=C(c2c(C)nc3ccc(Br)cc3c2-c2ccccc2)C[C@H]1c1ccc(F)cc1. The Morgan fingerprint density at radius 1 is 1.06 bits per heavy atom. The number of carbonyl (C=O) groups is 1. The number of aryl methyl sites for hydroxylation is 1. The van der Waals surface area contributed by atoms with Gasteiger partial charge in [0.2, 0.25) is 5.91 Å². The first kappa shape index (κ1) is 22.4. The number of nitrogens with zero attached hydrogens (tertiary/aromatic N) is 3. The molecule has 170 valence electrons. The van der Waals surface area contributed by atoms with Gasteiger partial charge in [0.05, 0.1) is 17.3 Å². The molecule has 1 atom stereocenters. The van der Waals surface area contributed by atoms with Gasteiger partial charge in [0.25, 0.3) is 0 Å². The number of hydrogen-bond donors (Lipinski definition) is 0. The Hall–Kier alpha value is -3.38. The van der Waals surface area contributed by atoms with Crippen molar-refractivity contribution in [3.63, 3.8) is 0 Å². The molecule has 0 fully saturated rings. The van der Waals surface area contributed by atoms with Crippen LogP contribution in [0.25, 0.3) is 22.0 Å². The molecule has 0 saturated heterocycles. The molecule has 1 amide bonds. The highest BCUT2D eigenvalue weighted by Gasteiger charge is 2.34. The number of benzene rings is 3. The van der Waals surface area contributed by atoms with Gasteiger partial charge in [-0.15, -0.1) is 0 Å². The molecule has 4 nitrogen and oxygen atoms in total. The Balaban J connectivity index is 1.73. The maximum absolute atomic E-state index is 13.6. The summed E-state index contributed by atoms with van der Waals surface area (Å²) >= 11 is 3.61. The molecule has 4 aromatic rings. The molecule has 0 spiro atoms. The Bertz CT molecular complexity index is 1420. The van der Waals surface area contributed by atoms with Gasteiger partial charge in [-0.05, 0) is 48.4 Å². The van der Waals surface area contributed by atoms with Crippen LogP contribution in [0.1, 0.15) is 42.6 Å². The first-order valence-electron chi connectivity index (χ1n) is 11.3. The fourth-order valence-corrected chi connectivity index (χ4v) is 4.97. The van der Waals surface area contributed by atoms with E-state index in [-0.39, 0.29) is 17.8 Å². The topological polar surface area (TPSA) is 45.6 Å². The molecule has 2 heterocycles. The summed E-state index contributed by atoms with van der Waals surface area (Å²) in [4.78, 5) is 17.8. The van der Waals surface area contributed by atoms with Gasteiger partial charge in [-0.25, -0.2) is 9.40 Å². The lowest BCUT2D eigenvalue weighted by molar-refractivity contribution is -0.132. The van der Waals surface area contributed by atoms with Crippen LogP contribution in [0, 0.1) is 12.7 Å². The van der Waals surface area contributed by atoms with Crippen LogP contribution in [0.3, 0.4) is 0 Å². The molecule has 1 aliphatic rings. The molecule has 1 aliphatic heterocycles. The van der Waals surface area contributed by atoms with Crippen molar-refractivity contribution in [2.45, 2.75) is 32.7 Å². The van der Waals surface area contributed by atoms with Crippen molar-refractivity contribution >= 4 is 38.5 Å². The summed E-state index contributed by atoms with van der Waals surface area (Å²) < 4.78 is 14.6. The van der Waals surface area contributed by atoms with Crippen molar-refractivity contribution in [1.82, 2.24) is 9.99 Å². The van der Waals surface area contributed by atoms with E-state index in [1.165, 1.54) is 12.1 Å². The lowest BCUT2D eigenvalue weighted by Crippen LogP contribution is -2.26. The van der Waals surface area contributed by atoms with E-state index in [0.717, 1.165) is 49.0 Å². The molecule has 0 bridgehead atoms. The maximum atomic E-state index is 13.6. The molecule has 3 aromatic carbocycles. The third kappa shape index (κ3) is 4.03. The predicted molar refractivity (Wildman–Crippen MR) is 137 cm³/mol. The molecular weight excluding hydrogens is 493 g/mol. The number of halogens is 2. The molecule has 0 radical (unpaired) electrons. The van der Waals surface area contributed by atoms with E-state index in [0.29, 0.717) is 12.8 Å². The largest absolute Gasteiger partial charge is 0.273 e. The Kier molecular flexibility index (Phi) is 6.00. The first-order valence-corrected chi connectivity index (χ1v) is 12.1. The van der Waals surface area contributed by atoms with Crippen molar-refractivity contribution in [2.24, 2.45) is 5.10 Å². The molecule has 0 N–H and O–H groups in total. The highest BCUT2D eigenvalue weighted by molar-refractivity contribution is 9.10. The van der Waals surface area contributed by atoms with Gasteiger partial charge in [-0.3, -0.25) is 9.78 Å². The third-order valence-electron chi connectivity index (χ3n) is 6.20. The van der Waals surface area contributed by atoms with E-state index in [1.54, 1.807) is 17.1 Å². The lowest BCUT2D eigenvalue weighted by atomic mass is 9.89. The summed E-state index contributed by atoms with van der Waals surface area (Å²) in [5.41, 5.74) is 6.48. The number of rotatable bonds is 4. The Morgan fingerprint density at radius 2 is 1.79 bits per heavy atom. The van der Waals surface area contributed by atoms with Crippen LogP contribution in [-0.2, 0) is 4.79 Å². The number of fused-ring (bicyclic) bond motifs is 1. The second-order valence-corrected chi connectivity index (χ2v) is 9.30. The van der Waals surface area contributed by atoms with E-state index in [4.69, 9.17) is 10.1 Å². The van der Waals surface area contributed by atoms with Crippen molar-refractivity contribution < 1.29 is 9.18 Å². The standard InChI is InChI=1S/C28H23BrFN3O/c1-3-26(34)33-25(18-9-12-21(30)13-10-18)16-24(32-33)27-17(2)31-23-14-11-20(29)15-22(23)28(27)19-7-5-4-6-8-19/h4-15,25H,3,16H2,1-2H3/t25-/m0/s1. The van der Waals surface area contributed by atoms with Crippen LogP contribution in [-0.4, -0.2) is 21.6 Å². The van der Waals surface area contributed by atoms with Gasteiger partial charge in [0, 0.05) is 39.5 Å². The van der Waals surface area contributed by atoms with Crippen LogP contribution >= 0.6 is 15.9 Å². The highest BCUT2D eigenvalue weighted by Crippen LogP contribution is 2.40. The summed E-state index contributed by atoms with van der Waals surface area (Å²) in [6, 6.07) is 22.3. The fourth-order valence-electron chi connectivity index (χ4n) is 4.61. The van der Waals surface area contributed by atoms with Crippen LogP contribution < -0.4 is 0 Å². The van der Waals surface area contributed by atoms with Gasteiger partial charge in [0.1, 0.15) is 5.82 Å². The van der Waals surface area contributed by atoms with Crippen molar-refractivity contribution in [1.29, 1.82) is 0 Å². The van der Waals surface area contributed by atoms with Gasteiger partial charge in [0.15, 0.2) is 0 Å². The first-order chi connectivity index (χ1) is 16.5. The van der Waals surface area contributed by atoms with Crippen LogP contribution in [0.15, 0.2) is 82.4 Å². The molecule has 0 aliphatic carbocycles. The number of hydrogen-bond acceptors (Lipinski definition) is 3. The molecule has 5 rings (SSSR count). The second-order valence-electron chi connectivity index (χ2n) is 8.38. The average molecular weight is 516 g/mol. The molecule has 0 saturated carbocycles. The van der Waals surface area contributed by atoms with Crippen LogP contribution in [0.5, 0.6) is 0 Å². The zero-order valence-corrected chi connectivity index (χ0v) is 20.5. The molecule has 0 unspecified atom stereocenters. The van der Waals surface area contributed by atoms with E-state index in [1.807, 2.05) is 44.2 Å². The number of amides is 1. The van der Waals surface area contributed by atoms with E-state index < -0.39 is 0 Å². The van der Waals surface area contributed by atoms with Gasteiger partial charge >= 0.3 is 0 Å². The van der Waals surface area contributed by atoms with Crippen molar-refractivity contribution in [3.05, 3.63) is 99.9 Å². The third-order valence-corrected chi connectivity index (χ3v) is 6.70. The maximum Gasteiger partial charge on any atom is 0.242 e.